The Morgan fingerprint density at radius 3 is 2.50 bits per heavy atom. The van der Waals surface area contributed by atoms with Crippen molar-refractivity contribution < 1.29 is 0 Å². The molecule has 2 nitrogen and oxygen atoms in total. The van der Waals surface area contributed by atoms with Crippen LogP contribution in [0.25, 0.3) is 0 Å². The van der Waals surface area contributed by atoms with Crippen LogP contribution in [0.2, 0.25) is 0 Å². The topological polar surface area (TPSA) is 15.3 Å². The fourth-order valence-corrected chi connectivity index (χ4v) is 2.96. The van der Waals surface area contributed by atoms with Crippen molar-refractivity contribution in [3.8, 4) is 0 Å². The van der Waals surface area contributed by atoms with E-state index in [4.69, 9.17) is 0 Å². The quantitative estimate of drug-likeness (QED) is 0.706. The Balaban J connectivity index is 2.33. The maximum Gasteiger partial charge on any atom is 0.0294 e. The highest BCUT2D eigenvalue weighted by atomic mass is 79.9. The molecule has 0 amide bonds. The Kier molecular flexibility index (Phi) is 8.43. The summed E-state index contributed by atoms with van der Waals surface area (Å²) in [5.74, 6) is 0. The molecule has 0 heterocycles. The molecule has 0 bridgehead atoms. The van der Waals surface area contributed by atoms with E-state index in [0.717, 1.165) is 17.6 Å². The van der Waals surface area contributed by atoms with Gasteiger partial charge in [0.1, 0.15) is 0 Å². The van der Waals surface area contributed by atoms with Gasteiger partial charge in [-0.3, -0.25) is 0 Å². The molecule has 0 aromatic heterocycles. The van der Waals surface area contributed by atoms with Gasteiger partial charge in [-0.25, -0.2) is 0 Å². The second-order valence-corrected chi connectivity index (χ2v) is 6.43. The number of rotatable bonds is 9. The van der Waals surface area contributed by atoms with Gasteiger partial charge in [-0.15, -0.1) is 0 Å². The smallest absolute Gasteiger partial charge is 0.0294 e. The summed E-state index contributed by atoms with van der Waals surface area (Å²) in [6.07, 6.45) is 2.50. The van der Waals surface area contributed by atoms with Gasteiger partial charge in [0.2, 0.25) is 0 Å². The normalized spacial score (nSPS) is 14.5. The molecular formula is C17H29BrN2. The van der Waals surface area contributed by atoms with Crippen molar-refractivity contribution in [2.24, 2.45) is 0 Å². The van der Waals surface area contributed by atoms with Gasteiger partial charge in [0.05, 0.1) is 0 Å². The molecule has 0 saturated carbocycles. The van der Waals surface area contributed by atoms with Crippen molar-refractivity contribution in [2.75, 3.05) is 19.6 Å². The lowest BCUT2D eigenvalue weighted by molar-refractivity contribution is 0.288. The molecule has 0 aliphatic carbocycles. The zero-order valence-corrected chi connectivity index (χ0v) is 14.9. The molecule has 1 N–H and O–H groups in total. The van der Waals surface area contributed by atoms with Crippen LogP contribution in [-0.2, 0) is 0 Å². The third-order valence-electron chi connectivity index (χ3n) is 3.89. The first kappa shape index (κ1) is 17.7. The van der Waals surface area contributed by atoms with Crippen LogP contribution in [0.3, 0.4) is 0 Å². The number of nitrogens with zero attached hydrogens (tertiary/aromatic N) is 1. The first-order chi connectivity index (χ1) is 9.56. The first-order valence-corrected chi connectivity index (χ1v) is 8.60. The van der Waals surface area contributed by atoms with Crippen LogP contribution in [-0.4, -0.2) is 30.6 Å². The van der Waals surface area contributed by atoms with Gasteiger partial charge in [0.15, 0.2) is 0 Å². The Morgan fingerprint density at radius 2 is 1.90 bits per heavy atom. The highest BCUT2D eigenvalue weighted by Crippen LogP contribution is 2.18. The molecule has 2 atom stereocenters. The van der Waals surface area contributed by atoms with Crippen molar-refractivity contribution >= 4 is 15.9 Å². The number of hydrogen-bond acceptors (Lipinski definition) is 2. The Hall–Kier alpha value is -0.380. The summed E-state index contributed by atoms with van der Waals surface area (Å²) in [5.41, 5.74) is 1.34. The van der Waals surface area contributed by atoms with Crippen LogP contribution in [0.4, 0.5) is 0 Å². The summed E-state index contributed by atoms with van der Waals surface area (Å²) in [6, 6.07) is 9.51. The molecule has 20 heavy (non-hydrogen) atoms. The van der Waals surface area contributed by atoms with Gasteiger partial charge in [-0.2, -0.15) is 0 Å². The van der Waals surface area contributed by atoms with Crippen LogP contribution in [0.15, 0.2) is 28.7 Å². The molecule has 114 valence electrons. The third kappa shape index (κ3) is 6.38. The zero-order chi connectivity index (χ0) is 15.0. The van der Waals surface area contributed by atoms with Gasteiger partial charge in [0.25, 0.3) is 0 Å². The third-order valence-corrected chi connectivity index (χ3v) is 4.38. The number of benzene rings is 1. The van der Waals surface area contributed by atoms with Crippen molar-refractivity contribution in [2.45, 2.75) is 52.6 Å². The fraction of sp³-hybridized carbons (Fsp3) is 0.647. The van der Waals surface area contributed by atoms with Crippen LogP contribution in [0.5, 0.6) is 0 Å². The SMILES string of the molecule is CCN(CC)CCCC(C)NC(C)c1cccc(Br)c1. The van der Waals surface area contributed by atoms with E-state index < -0.39 is 0 Å². The second-order valence-electron chi connectivity index (χ2n) is 5.51. The molecule has 0 fully saturated rings. The van der Waals surface area contributed by atoms with Crippen LogP contribution < -0.4 is 5.32 Å². The predicted molar refractivity (Wildman–Crippen MR) is 92.2 cm³/mol. The Labute approximate surface area is 133 Å². The fourth-order valence-electron chi connectivity index (χ4n) is 2.54. The minimum atomic E-state index is 0.399. The van der Waals surface area contributed by atoms with E-state index in [0.29, 0.717) is 12.1 Å². The number of hydrogen-bond donors (Lipinski definition) is 1. The van der Waals surface area contributed by atoms with Gasteiger partial charge in [0, 0.05) is 16.6 Å². The standard InChI is InChI=1S/C17H29BrN2/c1-5-20(6-2)12-8-9-14(3)19-15(4)16-10-7-11-17(18)13-16/h7,10-11,13-15,19H,5-6,8-9,12H2,1-4H3. The van der Waals surface area contributed by atoms with Crippen molar-refractivity contribution in [1.29, 1.82) is 0 Å². The van der Waals surface area contributed by atoms with E-state index in [-0.39, 0.29) is 0 Å². The minimum absolute atomic E-state index is 0.399. The van der Waals surface area contributed by atoms with E-state index in [1.807, 2.05) is 0 Å². The molecule has 2 unspecified atom stereocenters. The molecular weight excluding hydrogens is 312 g/mol. The number of halogens is 1. The molecule has 0 aliphatic rings. The molecule has 1 rings (SSSR count). The first-order valence-electron chi connectivity index (χ1n) is 7.80. The minimum Gasteiger partial charge on any atom is -0.308 e. The van der Waals surface area contributed by atoms with Crippen molar-refractivity contribution in [3.63, 3.8) is 0 Å². The van der Waals surface area contributed by atoms with Crippen molar-refractivity contribution in [1.82, 2.24) is 10.2 Å². The van der Waals surface area contributed by atoms with E-state index in [9.17, 15) is 0 Å². The number of nitrogens with one attached hydrogen (secondary N) is 1. The maximum atomic E-state index is 3.69. The Morgan fingerprint density at radius 1 is 1.20 bits per heavy atom. The Bertz CT molecular complexity index is 377. The van der Waals surface area contributed by atoms with Gasteiger partial charge >= 0.3 is 0 Å². The lowest BCUT2D eigenvalue weighted by Crippen LogP contribution is -2.30. The highest BCUT2D eigenvalue weighted by molar-refractivity contribution is 9.10. The van der Waals surface area contributed by atoms with E-state index in [1.165, 1.54) is 24.9 Å². The van der Waals surface area contributed by atoms with E-state index in [2.05, 4.69) is 78.1 Å². The molecule has 1 aromatic carbocycles. The molecule has 3 heteroatoms. The van der Waals surface area contributed by atoms with Gasteiger partial charge in [-0.1, -0.05) is 41.9 Å². The summed E-state index contributed by atoms with van der Waals surface area (Å²) < 4.78 is 1.15. The van der Waals surface area contributed by atoms with Gasteiger partial charge in [-0.05, 0) is 64.0 Å². The average molecular weight is 341 g/mol. The van der Waals surface area contributed by atoms with Gasteiger partial charge < -0.3 is 10.2 Å². The molecule has 1 aromatic rings. The average Bonchev–Trinajstić information content (AvgIpc) is 2.43. The maximum absolute atomic E-state index is 3.69. The summed E-state index contributed by atoms with van der Waals surface area (Å²) in [7, 11) is 0. The highest BCUT2D eigenvalue weighted by Gasteiger charge is 2.10. The summed E-state index contributed by atoms with van der Waals surface area (Å²) >= 11 is 3.54. The summed E-state index contributed by atoms with van der Waals surface area (Å²) in [6.45, 7) is 12.5. The summed E-state index contributed by atoms with van der Waals surface area (Å²) in [4.78, 5) is 2.49. The molecule has 0 saturated heterocycles. The largest absolute Gasteiger partial charge is 0.308 e. The molecule has 0 spiro atoms. The summed E-state index contributed by atoms with van der Waals surface area (Å²) in [5, 5.41) is 3.69. The predicted octanol–water partition coefficient (Wildman–Crippen LogP) is 4.61. The molecule has 0 radical (unpaired) electrons. The second kappa shape index (κ2) is 9.54. The van der Waals surface area contributed by atoms with E-state index >= 15 is 0 Å². The van der Waals surface area contributed by atoms with Crippen molar-refractivity contribution in [3.05, 3.63) is 34.3 Å². The monoisotopic (exact) mass is 340 g/mol. The lowest BCUT2D eigenvalue weighted by Gasteiger charge is -2.22. The van der Waals surface area contributed by atoms with E-state index in [1.54, 1.807) is 0 Å². The van der Waals surface area contributed by atoms with Crippen LogP contribution >= 0.6 is 15.9 Å². The zero-order valence-electron chi connectivity index (χ0n) is 13.3. The lowest BCUT2D eigenvalue weighted by atomic mass is 10.1. The van der Waals surface area contributed by atoms with Crippen LogP contribution in [0, 0.1) is 0 Å². The van der Waals surface area contributed by atoms with Crippen LogP contribution in [0.1, 0.15) is 52.1 Å². The molecule has 0 aliphatic heterocycles.